The highest BCUT2D eigenvalue weighted by atomic mass is 35.5. The monoisotopic (exact) mass is 378 g/mol. The summed E-state index contributed by atoms with van der Waals surface area (Å²) >= 11 is 0. The summed E-state index contributed by atoms with van der Waals surface area (Å²) in [5.74, 6) is 0.563. The summed E-state index contributed by atoms with van der Waals surface area (Å²) in [5.41, 5.74) is 9.46. The first-order chi connectivity index (χ1) is 12.0. The van der Waals surface area contributed by atoms with Crippen LogP contribution in [0.4, 0.5) is 0 Å². The number of benzene rings is 1. The van der Waals surface area contributed by atoms with Crippen molar-refractivity contribution in [2.75, 3.05) is 13.1 Å². The van der Waals surface area contributed by atoms with Gasteiger partial charge in [-0.2, -0.15) is 0 Å². The molecule has 1 aliphatic heterocycles. The van der Waals surface area contributed by atoms with Crippen molar-refractivity contribution in [3.63, 3.8) is 0 Å². The molecular weight excluding hydrogens is 348 g/mol. The van der Waals surface area contributed by atoms with E-state index in [9.17, 15) is 9.59 Å². The molecule has 2 atom stereocenters. The fourth-order valence-corrected chi connectivity index (χ4v) is 4.10. The molecule has 2 aliphatic rings. The molecule has 3 rings (SSSR count). The third kappa shape index (κ3) is 5.08. The van der Waals surface area contributed by atoms with Crippen LogP contribution in [0.2, 0.25) is 0 Å². The van der Waals surface area contributed by atoms with Crippen LogP contribution in [0.15, 0.2) is 18.2 Å². The molecule has 1 saturated heterocycles. The van der Waals surface area contributed by atoms with Crippen molar-refractivity contribution in [3.8, 4) is 0 Å². The molecule has 4 nitrogen and oxygen atoms in total. The number of nitrogens with zero attached hydrogens (tertiary/aromatic N) is 1. The van der Waals surface area contributed by atoms with E-state index in [1.165, 1.54) is 24.0 Å². The van der Waals surface area contributed by atoms with Crippen LogP contribution in [0.3, 0.4) is 0 Å². The first-order valence-electron chi connectivity index (χ1n) is 9.73. The SMILES string of the molecule is CC(N)C1CCCN(C(=O)CCC(=O)c2ccc3c(c2)CCCC3)C1.Cl. The number of rotatable bonds is 5. The molecule has 26 heavy (non-hydrogen) atoms. The standard InChI is InChI=1S/C21H30N2O2.ClH/c1-15(22)19-7-4-12-23(14-19)21(25)11-10-20(24)18-9-8-16-5-2-3-6-17(16)13-18;/h8-9,13,15,19H,2-7,10-12,14,22H2,1H3;1H. The van der Waals surface area contributed by atoms with Crippen LogP contribution < -0.4 is 5.73 Å². The number of Topliss-reactive ketones (excluding diaryl/α,β-unsaturated/α-hetero) is 1. The lowest BCUT2D eigenvalue weighted by Gasteiger charge is -2.34. The number of nitrogens with two attached hydrogens (primary N) is 1. The van der Waals surface area contributed by atoms with Crippen LogP contribution in [-0.4, -0.2) is 35.7 Å². The summed E-state index contributed by atoms with van der Waals surface area (Å²) < 4.78 is 0. The summed E-state index contributed by atoms with van der Waals surface area (Å²) in [5, 5.41) is 0. The molecule has 1 aromatic rings. The summed E-state index contributed by atoms with van der Waals surface area (Å²) in [4.78, 5) is 26.9. The van der Waals surface area contributed by atoms with E-state index in [2.05, 4.69) is 6.07 Å². The lowest BCUT2D eigenvalue weighted by atomic mass is 9.89. The molecule has 1 heterocycles. The maximum Gasteiger partial charge on any atom is 0.223 e. The second-order valence-corrected chi connectivity index (χ2v) is 7.71. The Kier molecular flexibility index (Phi) is 7.66. The van der Waals surface area contributed by atoms with Crippen molar-refractivity contribution >= 4 is 24.1 Å². The Morgan fingerprint density at radius 3 is 2.62 bits per heavy atom. The molecule has 5 heteroatoms. The highest BCUT2D eigenvalue weighted by Crippen LogP contribution is 2.23. The van der Waals surface area contributed by atoms with E-state index in [-0.39, 0.29) is 30.1 Å². The third-order valence-electron chi connectivity index (χ3n) is 5.79. The van der Waals surface area contributed by atoms with E-state index in [1.807, 2.05) is 24.0 Å². The van der Waals surface area contributed by atoms with Gasteiger partial charge < -0.3 is 10.6 Å². The average Bonchev–Trinajstić information content (AvgIpc) is 2.65. The van der Waals surface area contributed by atoms with Gasteiger partial charge in [0.1, 0.15) is 0 Å². The number of halogens is 1. The van der Waals surface area contributed by atoms with Crippen LogP contribution in [0.5, 0.6) is 0 Å². The molecule has 0 radical (unpaired) electrons. The van der Waals surface area contributed by atoms with Gasteiger partial charge in [0.2, 0.25) is 5.91 Å². The van der Waals surface area contributed by atoms with E-state index >= 15 is 0 Å². The summed E-state index contributed by atoms with van der Waals surface area (Å²) in [6.07, 6.45) is 7.36. The molecular formula is C21H31ClN2O2. The van der Waals surface area contributed by atoms with Gasteiger partial charge in [0.15, 0.2) is 5.78 Å². The Hall–Kier alpha value is -1.39. The number of likely N-dealkylation sites (tertiary alicyclic amines) is 1. The van der Waals surface area contributed by atoms with E-state index in [1.54, 1.807) is 0 Å². The molecule has 1 fully saturated rings. The van der Waals surface area contributed by atoms with Gasteiger partial charge in [0, 0.05) is 37.5 Å². The number of aryl methyl sites for hydroxylation is 2. The van der Waals surface area contributed by atoms with Crippen molar-refractivity contribution < 1.29 is 9.59 Å². The van der Waals surface area contributed by atoms with Gasteiger partial charge in [0.25, 0.3) is 0 Å². The average molecular weight is 379 g/mol. The summed E-state index contributed by atoms with van der Waals surface area (Å²) in [6, 6.07) is 6.20. The van der Waals surface area contributed by atoms with Crippen molar-refractivity contribution in [1.82, 2.24) is 4.90 Å². The number of carbonyl (C=O) groups is 2. The minimum atomic E-state index is 0. The van der Waals surface area contributed by atoms with Gasteiger partial charge in [-0.1, -0.05) is 12.1 Å². The molecule has 1 aromatic carbocycles. The number of amides is 1. The minimum absolute atomic E-state index is 0. The van der Waals surface area contributed by atoms with E-state index in [0.29, 0.717) is 18.8 Å². The van der Waals surface area contributed by atoms with Crippen LogP contribution in [0.1, 0.15) is 66.9 Å². The first-order valence-corrected chi connectivity index (χ1v) is 9.73. The van der Waals surface area contributed by atoms with Gasteiger partial charge in [0.05, 0.1) is 0 Å². The fraction of sp³-hybridized carbons (Fsp3) is 0.619. The molecule has 0 spiro atoms. The highest BCUT2D eigenvalue weighted by molar-refractivity contribution is 5.98. The van der Waals surface area contributed by atoms with Crippen LogP contribution in [0, 0.1) is 5.92 Å². The molecule has 0 saturated carbocycles. The summed E-state index contributed by atoms with van der Waals surface area (Å²) in [6.45, 7) is 3.55. The van der Waals surface area contributed by atoms with E-state index in [4.69, 9.17) is 5.73 Å². The Morgan fingerprint density at radius 2 is 1.88 bits per heavy atom. The smallest absolute Gasteiger partial charge is 0.223 e. The minimum Gasteiger partial charge on any atom is -0.342 e. The number of hydrogen-bond donors (Lipinski definition) is 1. The van der Waals surface area contributed by atoms with Gasteiger partial charge >= 0.3 is 0 Å². The van der Waals surface area contributed by atoms with Gasteiger partial charge in [-0.25, -0.2) is 0 Å². The fourth-order valence-electron chi connectivity index (χ4n) is 4.10. The van der Waals surface area contributed by atoms with Crippen LogP contribution in [-0.2, 0) is 17.6 Å². The van der Waals surface area contributed by atoms with Crippen molar-refractivity contribution in [2.45, 2.75) is 64.3 Å². The second-order valence-electron chi connectivity index (χ2n) is 7.71. The Labute approximate surface area is 162 Å². The van der Waals surface area contributed by atoms with Gasteiger partial charge in [-0.15, -0.1) is 12.4 Å². The molecule has 0 bridgehead atoms. The lowest BCUT2D eigenvalue weighted by Crippen LogP contribution is -2.45. The Bertz CT molecular complexity index is 645. The van der Waals surface area contributed by atoms with Crippen molar-refractivity contribution in [1.29, 1.82) is 0 Å². The zero-order valence-electron chi connectivity index (χ0n) is 15.7. The number of carbonyl (C=O) groups excluding carboxylic acids is 2. The zero-order chi connectivity index (χ0) is 17.8. The molecule has 0 aromatic heterocycles. The van der Waals surface area contributed by atoms with Crippen LogP contribution >= 0.6 is 12.4 Å². The zero-order valence-corrected chi connectivity index (χ0v) is 16.5. The van der Waals surface area contributed by atoms with E-state index < -0.39 is 0 Å². The predicted molar refractivity (Wildman–Crippen MR) is 107 cm³/mol. The van der Waals surface area contributed by atoms with Crippen molar-refractivity contribution in [2.24, 2.45) is 11.7 Å². The topological polar surface area (TPSA) is 63.4 Å². The number of ketones is 1. The number of fused-ring (bicyclic) bond motifs is 1. The molecule has 2 unspecified atom stereocenters. The quantitative estimate of drug-likeness (QED) is 0.797. The number of piperidine rings is 1. The third-order valence-corrected chi connectivity index (χ3v) is 5.79. The normalized spacial score (nSPS) is 20.7. The van der Waals surface area contributed by atoms with E-state index in [0.717, 1.165) is 44.3 Å². The summed E-state index contributed by atoms with van der Waals surface area (Å²) in [7, 11) is 0. The largest absolute Gasteiger partial charge is 0.342 e. The Balaban J connectivity index is 0.00000243. The van der Waals surface area contributed by atoms with Gasteiger partial charge in [-0.3, -0.25) is 9.59 Å². The molecule has 1 aliphatic carbocycles. The second kappa shape index (κ2) is 9.52. The number of hydrogen-bond acceptors (Lipinski definition) is 3. The highest BCUT2D eigenvalue weighted by Gasteiger charge is 2.26. The van der Waals surface area contributed by atoms with Crippen LogP contribution in [0.25, 0.3) is 0 Å². The lowest BCUT2D eigenvalue weighted by molar-refractivity contribution is -0.133. The van der Waals surface area contributed by atoms with Gasteiger partial charge in [-0.05, 0) is 68.6 Å². The Morgan fingerprint density at radius 1 is 1.15 bits per heavy atom. The van der Waals surface area contributed by atoms with Crippen molar-refractivity contribution in [3.05, 3.63) is 34.9 Å². The molecule has 1 amide bonds. The molecule has 2 N–H and O–H groups in total. The first kappa shape index (κ1) is 20.9. The predicted octanol–water partition coefficient (Wildman–Crippen LogP) is 3.54. The maximum atomic E-state index is 12.5. The maximum absolute atomic E-state index is 12.5. The molecule has 144 valence electrons.